The van der Waals surface area contributed by atoms with Gasteiger partial charge < -0.3 is 15.5 Å². The highest BCUT2D eigenvalue weighted by atomic mass is 16.4. The SMILES string of the molecule is O=C(O)c1cnc(NCC2(CO)CCCCC2)cn1. The third kappa shape index (κ3) is 3.41. The Bertz CT molecular complexity index is 427. The van der Waals surface area contributed by atoms with Crippen molar-refractivity contribution in [3.8, 4) is 0 Å². The van der Waals surface area contributed by atoms with Crippen molar-refractivity contribution in [2.75, 3.05) is 18.5 Å². The van der Waals surface area contributed by atoms with E-state index in [0.717, 1.165) is 25.7 Å². The van der Waals surface area contributed by atoms with Crippen LogP contribution in [0.25, 0.3) is 0 Å². The predicted molar refractivity (Wildman–Crippen MR) is 70.1 cm³/mol. The lowest BCUT2D eigenvalue weighted by molar-refractivity contribution is 0.0690. The molecule has 0 aliphatic heterocycles. The summed E-state index contributed by atoms with van der Waals surface area (Å²) in [6.07, 6.45) is 8.19. The van der Waals surface area contributed by atoms with Gasteiger partial charge >= 0.3 is 5.97 Å². The van der Waals surface area contributed by atoms with E-state index in [2.05, 4.69) is 15.3 Å². The lowest BCUT2D eigenvalue weighted by Crippen LogP contribution is -2.35. The van der Waals surface area contributed by atoms with Gasteiger partial charge in [0, 0.05) is 12.0 Å². The second-order valence-corrected chi connectivity index (χ2v) is 5.16. The molecule has 104 valence electrons. The van der Waals surface area contributed by atoms with Crippen molar-refractivity contribution in [1.82, 2.24) is 9.97 Å². The molecular formula is C13H19N3O3. The molecule has 0 atom stereocenters. The second-order valence-electron chi connectivity index (χ2n) is 5.16. The quantitative estimate of drug-likeness (QED) is 0.747. The Kier molecular flexibility index (Phi) is 4.31. The van der Waals surface area contributed by atoms with Gasteiger partial charge in [0.1, 0.15) is 5.82 Å². The van der Waals surface area contributed by atoms with E-state index in [-0.39, 0.29) is 17.7 Å². The van der Waals surface area contributed by atoms with Crippen molar-refractivity contribution in [2.45, 2.75) is 32.1 Å². The van der Waals surface area contributed by atoms with Crippen LogP contribution in [0.15, 0.2) is 12.4 Å². The molecule has 0 unspecified atom stereocenters. The first-order chi connectivity index (χ1) is 9.15. The summed E-state index contributed by atoms with van der Waals surface area (Å²) >= 11 is 0. The fourth-order valence-corrected chi connectivity index (χ4v) is 2.50. The Labute approximate surface area is 111 Å². The summed E-state index contributed by atoms with van der Waals surface area (Å²) in [5.41, 5.74) is -0.147. The van der Waals surface area contributed by atoms with Gasteiger partial charge in [0.2, 0.25) is 0 Å². The normalized spacial score (nSPS) is 17.9. The molecule has 0 spiro atoms. The average Bonchev–Trinajstić information content (AvgIpc) is 2.46. The molecule has 0 saturated heterocycles. The van der Waals surface area contributed by atoms with Crippen LogP contribution in [0.1, 0.15) is 42.6 Å². The van der Waals surface area contributed by atoms with E-state index >= 15 is 0 Å². The molecule has 0 radical (unpaired) electrons. The Hall–Kier alpha value is -1.69. The van der Waals surface area contributed by atoms with E-state index in [9.17, 15) is 9.90 Å². The van der Waals surface area contributed by atoms with Crippen molar-refractivity contribution < 1.29 is 15.0 Å². The number of aromatic nitrogens is 2. The molecule has 1 saturated carbocycles. The van der Waals surface area contributed by atoms with E-state index in [1.165, 1.54) is 18.8 Å². The number of anilines is 1. The maximum absolute atomic E-state index is 10.7. The molecule has 3 N–H and O–H groups in total. The number of rotatable bonds is 5. The van der Waals surface area contributed by atoms with Crippen LogP contribution in [0.2, 0.25) is 0 Å². The molecule has 19 heavy (non-hydrogen) atoms. The highest BCUT2D eigenvalue weighted by molar-refractivity contribution is 5.84. The van der Waals surface area contributed by atoms with Gasteiger partial charge in [-0.15, -0.1) is 0 Å². The number of hydrogen-bond acceptors (Lipinski definition) is 5. The summed E-state index contributed by atoms with van der Waals surface area (Å²) in [5, 5.41) is 21.5. The van der Waals surface area contributed by atoms with E-state index in [4.69, 9.17) is 5.11 Å². The zero-order valence-corrected chi connectivity index (χ0v) is 10.8. The Morgan fingerprint density at radius 3 is 2.53 bits per heavy atom. The van der Waals surface area contributed by atoms with Crippen LogP contribution in [0.4, 0.5) is 5.82 Å². The third-order valence-electron chi connectivity index (χ3n) is 3.77. The molecule has 1 aliphatic carbocycles. The number of aromatic carboxylic acids is 1. The molecule has 6 nitrogen and oxygen atoms in total. The minimum atomic E-state index is -1.09. The highest BCUT2D eigenvalue weighted by Crippen LogP contribution is 2.35. The van der Waals surface area contributed by atoms with Gasteiger partial charge in [-0.05, 0) is 12.8 Å². The number of aliphatic hydroxyl groups is 1. The fourth-order valence-electron chi connectivity index (χ4n) is 2.50. The smallest absolute Gasteiger partial charge is 0.356 e. The van der Waals surface area contributed by atoms with Crippen LogP contribution in [-0.2, 0) is 0 Å². The lowest BCUT2D eigenvalue weighted by Gasteiger charge is -2.35. The summed E-state index contributed by atoms with van der Waals surface area (Å²) in [6.45, 7) is 0.811. The Morgan fingerprint density at radius 1 is 1.26 bits per heavy atom. The van der Waals surface area contributed by atoms with Gasteiger partial charge in [-0.2, -0.15) is 0 Å². The summed E-state index contributed by atoms with van der Waals surface area (Å²) in [7, 11) is 0. The monoisotopic (exact) mass is 265 g/mol. The summed E-state index contributed by atoms with van der Waals surface area (Å²) in [6, 6.07) is 0. The zero-order chi connectivity index (χ0) is 13.7. The standard InChI is InChI=1S/C13H19N3O3/c17-9-13(4-2-1-3-5-13)8-16-11-7-14-10(6-15-11)12(18)19/h6-7,17H,1-5,8-9H2,(H,15,16)(H,18,19). The molecule has 0 aromatic carbocycles. The first-order valence-electron chi connectivity index (χ1n) is 6.55. The zero-order valence-electron chi connectivity index (χ0n) is 10.8. The van der Waals surface area contributed by atoms with Gasteiger partial charge in [-0.25, -0.2) is 14.8 Å². The lowest BCUT2D eigenvalue weighted by atomic mass is 9.74. The molecule has 2 rings (SSSR count). The Balaban J connectivity index is 1.95. The number of nitrogens with one attached hydrogen (secondary N) is 1. The van der Waals surface area contributed by atoms with Gasteiger partial charge in [-0.3, -0.25) is 0 Å². The fraction of sp³-hybridized carbons (Fsp3) is 0.615. The van der Waals surface area contributed by atoms with Crippen molar-refractivity contribution in [2.24, 2.45) is 5.41 Å². The molecule has 1 aromatic rings. The van der Waals surface area contributed by atoms with Crippen LogP contribution in [0.3, 0.4) is 0 Å². The van der Waals surface area contributed by atoms with E-state index in [0.29, 0.717) is 12.4 Å². The average molecular weight is 265 g/mol. The molecule has 1 heterocycles. The number of nitrogens with zero attached hydrogens (tertiary/aromatic N) is 2. The number of carboxylic acid groups (broad SMARTS) is 1. The van der Waals surface area contributed by atoms with Crippen molar-refractivity contribution >= 4 is 11.8 Å². The first-order valence-corrected chi connectivity index (χ1v) is 6.55. The van der Waals surface area contributed by atoms with Crippen LogP contribution in [0.5, 0.6) is 0 Å². The summed E-state index contributed by atoms with van der Waals surface area (Å²) in [4.78, 5) is 18.5. The topological polar surface area (TPSA) is 95.3 Å². The van der Waals surface area contributed by atoms with Gasteiger partial charge in [0.25, 0.3) is 0 Å². The number of hydrogen-bond donors (Lipinski definition) is 3. The highest BCUT2D eigenvalue weighted by Gasteiger charge is 2.31. The van der Waals surface area contributed by atoms with E-state index in [1.807, 2.05) is 0 Å². The van der Waals surface area contributed by atoms with Crippen LogP contribution in [-0.4, -0.2) is 39.3 Å². The summed E-state index contributed by atoms with van der Waals surface area (Å²) < 4.78 is 0. The molecule has 0 amide bonds. The van der Waals surface area contributed by atoms with E-state index in [1.54, 1.807) is 0 Å². The van der Waals surface area contributed by atoms with Gasteiger partial charge in [-0.1, -0.05) is 19.3 Å². The number of aliphatic hydroxyl groups excluding tert-OH is 1. The minimum absolute atomic E-state index is 0.0694. The predicted octanol–water partition coefficient (Wildman–Crippen LogP) is 1.53. The van der Waals surface area contributed by atoms with Crippen LogP contribution in [0, 0.1) is 5.41 Å². The molecule has 1 aromatic heterocycles. The van der Waals surface area contributed by atoms with Gasteiger partial charge in [0.15, 0.2) is 5.69 Å². The second kappa shape index (κ2) is 5.97. The largest absolute Gasteiger partial charge is 0.476 e. The summed E-state index contributed by atoms with van der Waals surface area (Å²) in [5.74, 6) is -0.540. The molecule has 1 fully saturated rings. The third-order valence-corrected chi connectivity index (χ3v) is 3.77. The number of carbonyl (C=O) groups is 1. The van der Waals surface area contributed by atoms with Crippen molar-refractivity contribution in [1.29, 1.82) is 0 Å². The Morgan fingerprint density at radius 2 is 2.00 bits per heavy atom. The maximum Gasteiger partial charge on any atom is 0.356 e. The van der Waals surface area contributed by atoms with Gasteiger partial charge in [0.05, 0.1) is 19.0 Å². The number of carboxylic acids is 1. The van der Waals surface area contributed by atoms with Crippen LogP contribution >= 0.6 is 0 Å². The van der Waals surface area contributed by atoms with Crippen molar-refractivity contribution in [3.05, 3.63) is 18.1 Å². The van der Waals surface area contributed by atoms with Crippen LogP contribution < -0.4 is 5.32 Å². The molecule has 6 heteroatoms. The van der Waals surface area contributed by atoms with E-state index < -0.39 is 5.97 Å². The maximum atomic E-state index is 10.7. The van der Waals surface area contributed by atoms with Crippen molar-refractivity contribution in [3.63, 3.8) is 0 Å². The first kappa shape index (κ1) is 13.7. The molecular weight excluding hydrogens is 246 g/mol. The molecule has 1 aliphatic rings. The minimum Gasteiger partial charge on any atom is -0.476 e. The molecule has 0 bridgehead atoms.